The van der Waals surface area contributed by atoms with Crippen LogP contribution in [0.25, 0.3) is 0 Å². The molecule has 1 rings (SSSR count). The third kappa shape index (κ3) is 2.49. The zero-order chi connectivity index (χ0) is 10.0. The zero-order valence-corrected chi connectivity index (χ0v) is 9.18. The Labute approximate surface area is 88.8 Å². The van der Waals surface area contributed by atoms with E-state index in [4.69, 9.17) is 10.2 Å². The Hall–Kier alpha value is -1.00. The van der Waals surface area contributed by atoms with Crippen molar-refractivity contribution >= 4 is 18.4 Å². The summed E-state index contributed by atoms with van der Waals surface area (Å²) in [6.45, 7) is 3.72. The van der Waals surface area contributed by atoms with Gasteiger partial charge in [-0.15, -0.1) is 12.4 Å². The lowest BCUT2D eigenvalue weighted by molar-refractivity contribution is -0.142. The Kier molecular flexibility index (Phi) is 4.67. The first-order valence-corrected chi connectivity index (χ1v) is 3.96. The lowest BCUT2D eigenvalue weighted by Gasteiger charge is -2.04. The second-order valence-corrected chi connectivity index (χ2v) is 2.89. The molecule has 5 heteroatoms. The van der Waals surface area contributed by atoms with Crippen LogP contribution in [0.3, 0.4) is 0 Å². The maximum atomic E-state index is 11.0. The number of ether oxygens (including phenoxy) is 1. The van der Waals surface area contributed by atoms with Gasteiger partial charge in [-0.05, 0) is 25.5 Å². The Morgan fingerprint density at radius 1 is 1.57 bits per heavy atom. The first kappa shape index (κ1) is 13.0. The summed E-state index contributed by atoms with van der Waals surface area (Å²) in [5.41, 5.74) is 6.54. The van der Waals surface area contributed by atoms with Crippen molar-refractivity contribution in [3.63, 3.8) is 0 Å². The largest absolute Gasteiger partial charge is 0.468 e. The Bertz CT molecular complexity index is 302. The molecule has 14 heavy (non-hydrogen) atoms. The summed E-state index contributed by atoms with van der Waals surface area (Å²) in [5.74, 6) is 0.727. The minimum absolute atomic E-state index is 0. The van der Waals surface area contributed by atoms with Gasteiger partial charge in [0, 0.05) is 0 Å². The SMILES string of the molecule is COC(=O)[C@H](N)c1cc(C)c(C)o1.Cl. The number of esters is 1. The molecule has 2 N–H and O–H groups in total. The molecule has 0 spiro atoms. The molecule has 0 aliphatic carbocycles. The van der Waals surface area contributed by atoms with Gasteiger partial charge in [0.25, 0.3) is 0 Å². The summed E-state index contributed by atoms with van der Waals surface area (Å²) in [6.07, 6.45) is 0. The maximum absolute atomic E-state index is 11.0. The molecule has 0 saturated carbocycles. The molecule has 0 fully saturated rings. The summed E-state index contributed by atoms with van der Waals surface area (Å²) in [6, 6.07) is 0.925. The van der Waals surface area contributed by atoms with E-state index >= 15 is 0 Å². The molecule has 0 unspecified atom stereocenters. The molecule has 1 aromatic rings. The summed E-state index contributed by atoms with van der Waals surface area (Å²) >= 11 is 0. The van der Waals surface area contributed by atoms with Gasteiger partial charge in [-0.3, -0.25) is 0 Å². The number of rotatable bonds is 2. The van der Waals surface area contributed by atoms with Crippen molar-refractivity contribution in [3.05, 3.63) is 23.2 Å². The number of halogens is 1. The number of furan rings is 1. The molecule has 1 atom stereocenters. The van der Waals surface area contributed by atoms with Gasteiger partial charge >= 0.3 is 5.97 Å². The highest BCUT2D eigenvalue weighted by molar-refractivity contribution is 5.85. The fourth-order valence-electron chi connectivity index (χ4n) is 0.998. The molecule has 1 aromatic heterocycles. The number of carbonyl (C=O) groups excluding carboxylic acids is 1. The fraction of sp³-hybridized carbons (Fsp3) is 0.444. The third-order valence-electron chi connectivity index (χ3n) is 1.95. The summed E-state index contributed by atoms with van der Waals surface area (Å²) in [5, 5.41) is 0. The van der Waals surface area contributed by atoms with Crippen molar-refractivity contribution in [1.82, 2.24) is 0 Å². The minimum atomic E-state index is -0.822. The summed E-state index contributed by atoms with van der Waals surface area (Å²) < 4.78 is 9.76. The van der Waals surface area contributed by atoms with Crippen LogP contribution < -0.4 is 5.73 Å². The van der Waals surface area contributed by atoms with Gasteiger partial charge in [0.2, 0.25) is 0 Å². The average molecular weight is 220 g/mol. The monoisotopic (exact) mass is 219 g/mol. The lowest BCUT2D eigenvalue weighted by atomic mass is 10.2. The van der Waals surface area contributed by atoms with Gasteiger partial charge in [0.1, 0.15) is 11.5 Å². The molecule has 0 aromatic carbocycles. The quantitative estimate of drug-likeness (QED) is 0.766. The van der Waals surface area contributed by atoms with Crippen LogP contribution in [-0.2, 0) is 9.53 Å². The highest BCUT2D eigenvalue weighted by Gasteiger charge is 2.20. The van der Waals surface area contributed by atoms with E-state index in [0.29, 0.717) is 5.76 Å². The topological polar surface area (TPSA) is 65.5 Å². The van der Waals surface area contributed by atoms with Crippen molar-refractivity contribution in [2.45, 2.75) is 19.9 Å². The second-order valence-electron chi connectivity index (χ2n) is 2.89. The van der Waals surface area contributed by atoms with Crippen LogP contribution in [-0.4, -0.2) is 13.1 Å². The van der Waals surface area contributed by atoms with E-state index in [1.54, 1.807) is 6.07 Å². The Morgan fingerprint density at radius 2 is 2.14 bits per heavy atom. The first-order chi connectivity index (χ1) is 6.06. The van der Waals surface area contributed by atoms with Crippen molar-refractivity contribution in [2.24, 2.45) is 5.73 Å². The van der Waals surface area contributed by atoms with Crippen molar-refractivity contribution < 1.29 is 13.9 Å². The van der Waals surface area contributed by atoms with E-state index in [0.717, 1.165) is 11.3 Å². The maximum Gasteiger partial charge on any atom is 0.330 e. The van der Waals surface area contributed by atoms with Crippen LogP contribution in [0.2, 0.25) is 0 Å². The molecule has 4 nitrogen and oxygen atoms in total. The van der Waals surface area contributed by atoms with Crippen molar-refractivity contribution in [1.29, 1.82) is 0 Å². The van der Waals surface area contributed by atoms with E-state index in [9.17, 15) is 4.79 Å². The molecule has 80 valence electrons. The smallest absolute Gasteiger partial charge is 0.330 e. The Balaban J connectivity index is 0.00000169. The predicted molar refractivity (Wildman–Crippen MR) is 54.4 cm³/mol. The van der Waals surface area contributed by atoms with Gasteiger partial charge in [0.05, 0.1) is 7.11 Å². The van der Waals surface area contributed by atoms with Crippen LogP contribution in [0.15, 0.2) is 10.5 Å². The van der Waals surface area contributed by atoms with Crippen LogP contribution >= 0.6 is 12.4 Å². The van der Waals surface area contributed by atoms with Gasteiger partial charge in [-0.1, -0.05) is 0 Å². The normalized spacial score (nSPS) is 11.7. The molecular formula is C9H14ClNO3. The molecule has 0 radical (unpaired) electrons. The van der Waals surface area contributed by atoms with Crippen LogP contribution in [0.4, 0.5) is 0 Å². The van der Waals surface area contributed by atoms with Gasteiger partial charge in [-0.2, -0.15) is 0 Å². The first-order valence-electron chi connectivity index (χ1n) is 3.96. The van der Waals surface area contributed by atoms with Crippen LogP contribution in [0, 0.1) is 13.8 Å². The molecule has 0 saturated heterocycles. The predicted octanol–water partition coefficient (Wildman–Crippen LogP) is 1.49. The lowest BCUT2D eigenvalue weighted by Crippen LogP contribution is -2.21. The molecule has 0 bridgehead atoms. The summed E-state index contributed by atoms with van der Waals surface area (Å²) in [4.78, 5) is 11.0. The number of aryl methyl sites for hydroxylation is 2. The number of hydrogen-bond donors (Lipinski definition) is 1. The molecule has 1 heterocycles. The van der Waals surface area contributed by atoms with E-state index < -0.39 is 12.0 Å². The van der Waals surface area contributed by atoms with Gasteiger partial charge in [-0.25, -0.2) is 4.79 Å². The van der Waals surface area contributed by atoms with E-state index in [2.05, 4.69) is 4.74 Å². The molecule has 0 aliphatic heterocycles. The minimum Gasteiger partial charge on any atom is -0.468 e. The van der Waals surface area contributed by atoms with E-state index in [1.807, 2.05) is 13.8 Å². The highest BCUT2D eigenvalue weighted by Crippen LogP contribution is 2.19. The van der Waals surface area contributed by atoms with E-state index in [1.165, 1.54) is 7.11 Å². The molecular weight excluding hydrogens is 206 g/mol. The summed E-state index contributed by atoms with van der Waals surface area (Å²) in [7, 11) is 1.30. The number of methoxy groups -OCH3 is 1. The fourth-order valence-corrected chi connectivity index (χ4v) is 0.998. The highest BCUT2D eigenvalue weighted by atomic mass is 35.5. The second kappa shape index (κ2) is 5.02. The average Bonchev–Trinajstić information content (AvgIpc) is 2.44. The molecule has 0 amide bonds. The van der Waals surface area contributed by atoms with Crippen molar-refractivity contribution in [2.75, 3.05) is 7.11 Å². The van der Waals surface area contributed by atoms with Gasteiger partial charge < -0.3 is 14.9 Å². The van der Waals surface area contributed by atoms with E-state index in [-0.39, 0.29) is 12.4 Å². The number of hydrogen-bond acceptors (Lipinski definition) is 4. The Morgan fingerprint density at radius 3 is 2.50 bits per heavy atom. The van der Waals surface area contributed by atoms with Crippen LogP contribution in [0.5, 0.6) is 0 Å². The van der Waals surface area contributed by atoms with Gasteiger partial charge in [0.15, 0.2) is 6.04 Å². The standard InChI is InChI=1S/C9H13NO3.ClH/c1-5-4-7(13-6(5)2)8(10)9(11)12-3;/h4,8H,10H2,1-3H3;1H/t8-;/m1./s1. The third-order valence-corrected chi connectivity index (χ3v) is 1.95. The number of nitrogens with two attached hydrogens (primary N) is 1. The van der Waals surface area contributed by atoms with Crippen LogP contribution in [0.1, 0.15) is 23.1 Å². The van der Waals surface area contributed by atoms with Crippen molar-refractivity contribution in [3.8, 4) is 0 Å². The molecule has 0 aliphatic rings. The number of carbonyl (C=O) groups is 1. The zero-order valence-electron chi connectivity index (χ0n) is 8.37.